The number of imide groups is 1. The summed E-state index contributed by atoms with van der Waals surface area (Å²) in [5.74, 6) is -4.50. The van der Waals surface area contributed by atoms with Gasteiger partial charge in [0, 0.05) is 18.5 Å². The zero-order valence-electron chi connectivity index (χ0n) is 24.2. The Labute approximate surface area is 295 Å². The average molecular weight is 717 g/mol. The van der Waals surface area contributed by atoms with Gasteiger partial charge in [-0.15, -0.1) is 15.3 Å². The topological polar surface area (TPSA) is 262 Å². The average Bonchev–Trinajstić information content (AvgIpc) is 3.58. The van der Waals surface area contributed by atoms with E-state index in [4.69, 9.17) is 0 Å². The Bertz CT molecular complexity index is 1820. The number of nitro benzene ring substituents is 2. The van der Waals surface area contributed by atoms with Crippen LogP contribution in [0.1, 0.15) is 42.5 Å². The van der Waals surface area contributed by atoms with Crippen LogP contribution in [0, 0.1) is 20.2 Å². The Balaban J connectivity index is 0.00000600. The number of nitrogens with zero attached hydrogens (tertiary/aromatic N) is 5. The van der Waals surface area contributed by atoms with Crippen molar-refractivity contribution < 1.29 is 76.4 Å². The number of nitrogens with one attached hydrogen (secondary N) is 1. The van der Waals surface area contributed by atoms with Gasteiger partial charge in [-0.3, -0.25) is 34.6 Å². The van der Waals surface area contributed by atoms with Crippen LogP contribution in [0.15, 0.2) is 51.7 Å². The SMILES string of the molecule is O=C(CCCCCNC(=O)c1cc(Sc2nnc(-c3ccccc3)s2)c([N+](=O)[O-])cc1[N+](=O)[O-])ON1C(=O)CC(S(=O)(=O)[O-])C1=O.[Na+]. The number of carbonyl (C=O) groups excluding carboxylic acids is 4. The first-order valence-corrected chi connectivity index (χ1v) is 16.2. The minimum Gasteiger partial charge on any atom is -0.747 e. The van der Waals surface area contributed by atoms with Crippen molar-refractivity contribution in [3.05, 3.63) is 68.3 Å². The van der Waals surface area contributed by atoms with E-state index >= 15 is 0 Å². The molecule has 0 radical (unpaired) electrons. The van der Waals surface area contributed by atoms with Crippen LogP contribution in [-0.4, -0.2) is 73.6 Å². The van der Waals surface area contributed by atoms with E-state index in [1.54, 1.807) is 24.3 Å². The van der Waals surface area contributed by atoms with Gasteiger partial charge in [0.25, 0.3) is 29.1 Å². The van der Waals surface area contributed by atoms with Crippen molar-refractivity contribution in [1.29, 1.82) is 0 Å². The predicted molar refractivity (Wildman–Crippen MR) is 156 cm³/mol. The summed E-state index contributed by atoms with van der Waals surface area (Å²) in [6.07, 6.45) is -0.501. The molecule has 0 aliphatic carbocycles. The molecule has 1 unspecified atom stereocenters. The summed E-state index contributed by atoms with van der Waals surface area (Å²) in [4.78, 5) is 74.8. The third kappa shape index (κ3) is 9.59. The minimum absolute atomic E-state index is 0. The summed E-state index contributed by atoms with van der Waals surface area (Å²) in [6.45, 7) is -0.00648. The van der Waals surface area contributed by atoms with E-state index in [2.05, 4.69) is 20.4 Å². The molecule has 1 aliphatic rings. The fraction of sp³-hybridized carbons (Fsp3) is 0.280. The van der Waals surface area contributed by atoms with Crippen LogP contribution in [0.25, 0.3) is 10.6 Å². The summed E-state index contributed by atoms with van der Waals surface area (Å²) in [5.41, 5.74) is -1.03. The fourth-order valence-electron chi connectivity index (χ4n) is 4.08. The smallest absolute Gasteiger partial charge is 0.747 e. The van der Waals surface area contributed by atoms with Crippen molar-refractivity contribution in [1.82, 2.24) is 20.6 Å². The van der Waals surface area contributed by atoms with Crippen LogP contribution in [0.2, 0.25) is 0 Å². The molecule has 1 N–H and O–H groups in total. The molecule has 2 heterocycles. The number of rotatable bonds is 14. The molecule has 3 amide bonds. The van der Waals surface area contributed by atoms with E-state index in [1.165, 1.54) is 0 Å². The summed E-state index contributed by atoms with van der Waals surface area (Å²) in [5, 5.41) is 32.3. The van der Waals surface area contributed by atoms with Gasteiger partial charge in [-0.1, -0.05) is 59.9 Å². The zero-order valence-corrected chi connectivity index (χ0v) is 28.7. The first-order valence-electron chi connectivity index (χ1n) is 13.1. The number of aromatic nitrogens is 2. The van der Waals surface area contributed by atoms with Gasteiger partial charge in [-0.05, 0) is 18.9 Å². The number of carbonyl (C=O) groups is 4. The molecular formula is C25H21N6NaO12S3. The summed E-state index contributed by atoms with van der Waals surface area (Å²) in [7, 11) is -5.11. The van der Waals surface area contributed by atoms with Gasteiger partial charge in [0.1, 0.15) is 25.9 Å². The van der Waals surface area contributed by atoms with Crippen LogP contribution in [-0.2, 0) is 29.3 Å². The standard InChI is InChI=1S/C25H22N6O12S3.Na/c32-20-13-19(46(40,41)42)24(35)29(20)43-21(33)9-5-2-6-10-26-22(34)15-11-18(17(31(38)39)12-16(15)30(36)37)44-25-28-27-23(45-25)14-7-3-1-4-8-14;/h1,3-4,7-8,11-12,19H,2,5-6,9-10,13H2,(H,26,34)(H,40,41,42);/q;+1/p-1. The zero-order chi connectivity index (χ0) is 33.6. The number of hydrogen-bond donors (Lipinski definition) is 1. The second-order valence-corrected chi connectivity index (χ2v) is 13.3. The van der Waals surface area contributed by atoms with Crippen LogP contribution in [0.3, 0.4) is 0 Å². The fourth-order valence-corrected chi connectivity index (χ4v) is 6.71. The minimum atomic E-state index is -5.11. The maximum atomic E-state index is 12.9. The van der Waals surface area contributed by atoms with Gasteiger partial charge < -0.3 is 14.7 Å². The largest absolute Gasteiger partial charge is 1.00 e. The van der Waals surface area contributed by atoms with Crippen LogP contribution in [0.5, 0.6) is 0 Å². The van der Waals surface area contributed by atoms with E-state index in [0.29, 0.717) is 21.8 Å². The number of unbranched alkanes of at least 4 members (excludes halogenated alkanes) is 2. The Morgan fingerprint density at radius 3 is 2.34 bits per heavy atom. The van der Waals surface area contributed by atoms with Crippen LogP contribution >= 0.6 is 23.1 Å². The number of amides is 3. The van der Waals surface area contributed by atoms with E-state index in [0.717, 1.165) is 34.7 Å². The van der Waals surface area contributed by atoms with Crippen molar-refractivity contribution in [2.45, 2.75) is 46.6 Å². The van der Waals surface area contributed by atoms with Gasteiger partial charge in [-0.25, -0.2) is 13.2 Å². The van der Waals surface area contributed by atoms with Crippen molar-refractivity contribution in [3.63, 3.8) is 0 Å². The molecule has 2 aromatic carbocycles. The molecule has 3 aromatic rings. The maximum Gasteiger partial charge on any atom is 1.00 e. The number of nitro groups is 2. The maximum absolute atomic E-state index is 12.9. The number of benzene rings is 2. The molecule has 22 heteroatoms. The van der Waals surface area contributed by atoms with E-state index in [-0.39, 0.29) is 65.3 Å². The molecule has 242 valence electrons. The normalized spacial score (nSPS) is 14.4. The quantitative estimate of drug-likeness (QED) is 0.0555. The van der Waals surface area contributed by atoms with E-state index in [1.807, 2.05) is 6.07 Å². The second-order valence-electron chi connectivity index (χ2n) is 9.43. The Morgan fingerprint density at radius 1 is 1.04 bits per heavy atom. The second kappa shape index (κ2) is 16.3. The third-order valence-corrected chi connectivity index (χ3v) is 9.42. The predicted octanol–water partition coefficient (Wildman–Crippen LogP) is -0.402. The van der Waals surface area contributed by atoms with Crippen molar-refractivity contribution in [2.24, 2.45) is 0 Å². The van der Waals surface area contributed by atoms with Crippen molar-refractivity contribution in [2.75, 3.05) is 6.54 Å². The Morgan fingerprint density at radius 2 is 1.72 bits per heavy atom. The summed E-state index contributed by atoms with van der Waals surface area (Å²) in [6, 6.07) is 10.8. The van der Waals surface area contributed by atoms with Gasteiger partial charge in [0.15, 0.2) is 4.34 Å². The van der Waals surface area contributed by atoms with Gasteiger partial charge >= 0.3 is 35.5 Å². The molecule has 1 saturated heterocycles. The van der Waals surface area contributed by atoms with Crippen LogP contribution in [0.4, 0.5) is 11.4 Å². The molecule has 47 heavy (non-hydrogen) atoms. The summed E-state index contributed by atoms with van der Waals surface area (Å²) < 4.78 is 33.5. The van der Waals surface area contributed by atoms with E-state index < -0.39 is 72.3 Å². The summed E-state index contributed by atoms with van der Waals surface area (Å²) >= 11 is 1.96. The molecule has 0 spiro atoms. The third-order valence-electron chi connectivity index (χ3n) is 6.29. The molecule has 1 aromatic heterocycles. The first-order chi connectivity index (χ1) is 21.8. The van der Waals surface area contributed by atoms with E-state index in [9.17, 15) is 52.4 Å². The van der Waals surface area contributed by atoms with Gasteiger partial charge in [0.2, 0.25) is 0 Å². The van der Waals surface area contributed by atoms with Gasteiger partial charge in [-0.2, -0.15) is 0 Å². The molecule has 1 atom stereocenters. The first kappa shape index (κ1) is 37.6. The van der Waals surface area contributed by atoms with Crippen LogP contribution < -0.4 is 34.9 Å². The molecule has 0 bridgehead atoms. The molecule has 18 nitrogen and oxygen atoms in total. The molecule has 1 aliphatic heterocycles. The monoisotopic (exact) mass is 716 g/mol. The number of hydrogen-bond acceptors (Lipinski definition) is 16. The molecular weight excluding hydrogens is 695 g/mol. The number of hydroxylamine groups is 2. The molecule has 4 rings (SSSR count). The van der Waals surface area contributed by atoms with Gasteiger partial charge in [0.05, 0.1) is 27.2 Å². The Kier molecular flexibility index (Phi) is 13.0. The molecule has 1 fully saturated rings. The van der Waals surface area contributed by atoms with Crippen molar-refractivity contribution >= 4 is 68.3 Å². The molecule has 0 saturated carbocycles. The Hall–Kier alpha value is -3.86. The van der Waals surface area contributed by atoms with Crippen molar-refractivity contribution in [3.8, 4) is 10.6 Å².